The molecular formula is C29H18N2. The van der Waals surface area contributed by atoms with Gasteiger partial charge in [0, 0.05) is 18.0 Å². The third-order valence-corrected chi connectivity index (χ3v) is 6.38. The summed E-state index contributed by atoms with van der Waals surface area (Å²) >= 11 is 0. The van der Waals surface area contributed by atoms with Crippen molar-refractivity contribution in [3.05, 3.63) is 109 Å². The molecule has 2 nitrogen and oxygen atoms in total. The molecule has 0 aliphatic carbocycles. The van der Waals surface area contributed by atoms with Crippen molar-refractivity contribution in [2.24, 2.45) is 0 Å². The molecule has 2 aromatic heterocycles. The average molecular weight is 394 g/mol. The van der Waals surface area contributed by atoms with Crippen LogP contribution in [0.25, 0.3) is 60.3 Å². The van der Waals surface area contributed by atoms with Crippen LogP contribution in [0.15, 0.2) is 109 Å². The maximum absolute atomic E-state index is 4.75. The molecule has 0 unspecified atom stereocenters. The number of hydrogen-bond donors (Lipinski definition) is 0. The fourth-order valence-corrected chi connectivity index (χ4v) is 4.88. The summed E-state index contributed by atoms with van der Waals surface area (Å²) in [6.45, 7) is 0. The van der Waals surface area contributed by atoms with E-state index in [1.807, 2.05) is 24.4 Å². The minimum atomic E-state index is 0.966. The molecular weight excluding hydrogens is 376 g/mol. The van der Waals surface area contributed by atoms with Gasteiger partial charge in [-0.05, 0) is 55.6 Å². The Morgan fingerprint density at radius 2 is 1.26 bits per heavy atom. The van der Waals surface area contributed by atoms with Crippen molar-refractivity contribution in [1.82, 2.24) is 9.38 Å². The number of nitrogens with zero attached hydrogens (tertiary/aromatic N) is 2. The monoisotopic (exact) mass is 394 g/mol. The third-order valence-electron chi connectivity index (χ3n) is 6.38. The van der Waals surface area contributed by atoms with Crippen LogP contribution in [0.5, 0.6) is 0 Å². The Morgan fingerprint density at radius 3 is 2.06 bits per heavy atom. The van der Waals surface area contributed by atoms with Crippen LogP contribution in [0.3, 0.4) is 0 Å². The molecule has 0 aliphatic rings. The van der Waals surface area contributed by atoms with Gasteiger partial charge in [0.05, 0.1) is 5.69 Å². The predicted molar refractivity (Wildman–Crippen MR) is 130 cm³/mol. The Hall–Kier alpha value is -4.17. The van der Waals surface area contributed by atoms with Gasteiger partial charge in [0.2, 0.25) is 0 Å². The Labute approximate surface area is 179 Å². The van der Waals surface area contributed by atoms with E-state index in [2.05, 4.69) is 89.5 Å². The third kappa shape index (κ3) is 2.42. The van der Waals surface area contributed by atoms with Gasteiger partial charge in [-0.15, -0.1) is 0 Å². The number of fused-ring (bicyclic) bond motifs is 1. The normalized spacial score (nSPS) is 11.9. The summed E-state index contributed by atoms with van der Waals surface area (Å²) in [6.07, 6.45) is 4.12. The molecule has 7 aromatic rings. The highest BCUT2D eigenvalue weighted by atomic mass is 15.0. The first-order valence-electron chi connectivity index (χ1n) is 10.6. The molecule has 31 heavy (non-hydrogen) atoms. The first-order valence-corrected chi connectivity index (χ1v) is 10.6. The minimum absolute atomic E-state index is 0.966. The Kier molecular flexibility index (Phi) is 3.30. The van der Waals surface area contributed by atoms with Gasteiger partial charge in [-0.2, -0.15) is 0 Å². The lowest BCUT2D eigenvalue weighted by atomic mass is 9.90. The number of imidazole rings is 1. The molecule has 0 spiro atoms. The number of rotatable bonds is 2. The highest BCUT2D eigenvalue weighted by molar-refractivity contribution is 6.25. The first kappa shape index (κ1) is 16.6. The van der Waals surface area contributed by atoms with Gasteiger partial charge in [0.1, 0.15) is 5.65 Å². The van der Waals surface area contributed by atoms with Crippen molar-refractivity contribution in [3.63, 3.8) is 0 Å². The van der Waals surface area contributed by atoms with Crippen LogP contribution in [0.2, 0.25) is 0 Å². The zero-order chi connectivity index (χ0) is 20.4. The molecule has 144 valence electrons. The number of aromatic nitrogens is 2. The second-order valence-electron chi connectivity index (χ2n) is 8.14. The van der Waals surface area contributed by atoms with E-state index in [0.29, 0.717) is 0 Å². The number of benzene rings is 5. The average Bonchev–Trinajstić information content (AvgIpc) is 3.27. The van der Waals surface area contributed by atoms with Crippen LogP contribution in [0.4, 0.5) is 0 Å². The fourth-order valence-electron chi connectivity index (χ4n) is 4.88. The topological polar surface area (TPSA) is 17.3 Å². The molecule has 0 saturated heterocycles. The lowest BCUT2D eigenvalue weighted by Crippen LogP contribution is -1.87. The highest BCUT2D eigenvalue weighted by Gasteiger charge is 2.12. The van der Waals surface area contributed by atoms with Gasteiger partial charge in [-0.25, -0.2) is 4.98 Å². The van der Waals surface area contributed by atoms with Crippen LogP contribution in [0, 0.1) is 0 Å². The summed E-state index contributed by atoms with van der Waals surface area (Å²) in [5, 5.41) is 7.93. The second-order valence-corrected chi connectivity index (χ2v) is 8.14. The molecule has 0 bridgehead atoms. The number of hydrogen-bond acceptors (Lipinski definition) is 1. The van der Waals surface area contributed by atoms with Crippen LogP contribution < -0.4 is 0 Å². The van der Waals surface area contributed by atoms with E-state index in [1.165, 1.54) is 43.4 Å². The van der Waals surface area contributed by atoms with Crippen molar-refractivity contribution in [2.75, 3.05) is 0 Å². The summed E-state index contributed by atoms with van der Waals surface area (Å²) in [5.74, 6) is 0. The van der Waals surface area contributed by atoms with Gasteiger partial charge < -0.3 is 4.40 Å². The maximum atomic E-state index is 4.75. The molecule has 0 amide bonds. The molecule has 2 heterocycles. The SMILES string of the molecule is c1cc2ccc3ccc(-c4ccc(-c5cn6ccccc6n5)cc4)c4ccc(c1)c2c34. The van der Waals surface area contributed by atoms with Crippen molar-refractivity contribution < 1.29 is 0 Å². The van der Waals surface area contributed by atoms with E-state index >= 15 is 0 Å². The first-order chi connectivity index (χ1) is 15.3. The molecule has 2 heteroatoms. The summed E-state index contributed by atoms with van der Waals surface area (Å²) in [5.41, 5.74) is 5.59. The zero-order valence-electron chi connectivity index (χ0n) is 16.8. The summed E-state index contributed by atoms with van der Waals surface area (Å²) in [7, 11) is 0. The number of pyridine rings is 1. The van der Waals surface area contributed by atoms with Crippen molar-refractivity contribution in [3.8, 4) is 22.4 Å². The Balaban J connectivity index is 1.40. The van der Waals surface area contributed by atoms with Crippen LogP contribution in [0.1, 0.15) is 0 Å². The summed E-state index contributed by atoms with van der Waals surface area (Å²) in [4.78, 5) is 4.75. The molecule has 0 N–H and O–H groups in total. The maximum Gasteiger partial charge on any atom is 0.137 e. The van der Waals surface area contributed by atoms with Crippen molar-refractivity contribution in [2.45, 2.75) is 0 Å². The molecule has 7 rings (SSSR count). The second kappa shape index (κ2) is 6.16. The van der Waals surface area contributed by atoms with E-state index in [-0.39, 0.29) is 0 Å². The summed E-state index contributed by atoms with van der Waals surface area (Å²) in [6, 6.07) is 34.9. The van der Waals surface area contributed by atoms with E-state index in [9.17, 15) is 0 Å². The molecule has 0 aliphatic heterocycles. The Bertz CT molecular complexity index is 1670. The lowest BCUT2D eigenvalue weighted by Gasteiger charge is -2.14. The van der Waals surface area contributed by atoms with E-state index in [1.54, 1.807) is 0 Å². The van der Waals surface area contributed by atoms with Gasteiger partial charge in [-0.3, -0.25) is 0 Å². The van der Waals surface area contributed by atoms with E-state index in [0.717, 1.165) is 16.9 Å². The quantitative estimate of drug-likeness (QED) is 0.276. The Morgan fingerprint density at radius 1 is 0.548 bits per heavy atom. The van der Waals surface area contributed by atoms with Crippen LogP contribution in [-0.4, -0.2) is 9.38 Å². The van der Waals surface area contributed by atoms with Crippen molar-refractivity contribution >= 4 is 38.0 Å². The largest absolute Gasteiger partial charge is 0.306 e. The standard InChI is InChI=1S/C29H18N2/c1-2-17-31-18-26(30-27(31)6-1)20-9-7-19(8-10-20)24-15-13-23-12-11-21-4-3-5-22-14-16-25(24)29(23)28(21)22/h1-18H. The van der Waals surface area contributed by atoms with Crippen molar-refractivity contribution in [1.29, 1.82) is 0 Å². The highest BCUT2D eigenvalue weighted by Crippen LogP contribution is 2.39. The van der Waals surface area contributed by atoms with Gasteiger partial charge in [0.25, 0.3) is 0 Å². The molecule has 0 fully saturated rings. The van der Waals surface area contributed by atoms with Gasteiger partial charge in [-0.1, -0.05) is 84.9 Å². The fraction of sp³-hybridized carbons (Fsp3) is 0. The van der Waals surface area contributed by atoms with Gasteiger partial charge >= 0.3 is 0 Å². The summed E-state index contributed by atoms with van der Waals surface area (Å²) < 4.78 is 2.06. The molecule has 0 radical (unpaired) electrons. The predicted octanol–water partition coefficient (Wildman–Crippen LogP) is 7.57. The van der Waals surface area contributed by atoms with Gasteiger partial charge in [0.15, 0.2) is 0 Å². The molecule has 5 aromatic carbocycles. The lowest BCUT2D eigenvalue weighted by molar-refractivity contribution is 1.19. The smallest absolute Gasteiger partial charge is 0.137 e. The molecule has 0 atom stereocenters. The minimum Gasteiger partial charge on any atom is -0.306 e. The zero-order valence-corrected chi connectivity index (χ0v) is 16.8. The molecule has 0 saturated carbocycles. The van der Waals surface area contributed by atoms with E-state index in [4.69, 9.17) is 4.98 Å². The van der Waals surface area contributed by atoms with Crippen LogP contribution in [-0.2, 0) is 0 Å². The van der Waals surface area contributed by atoms with Crippen LogP contribution >= 0.6 is 0 Å². The van der Waals surface area contributed by atoms with E-state index < -0.39 is 0 Å².